The average Bonchev–Trinajstić information content (AvgIpc) is 2.92. The molecule has 0 saturated heterocycles. The largest absolute Gasteiger partial charge is 0.496 e. The summed E-state index contributed by atoms with van der Waals surface area (Å²) < 4.78 is 7.42. The van der Waals surface area contributed by atoms with Crippen molar-refractivity contribution >= 4 is 0 Å². The van der Waals surface area contributed by atoms with E-state index in [2.05, 4.69) is 17.4 Å². The van der Waals surface area contributed by atoms with Gasteiger partial charge in [0.2, 0.25) is 0 Å². The van der Waals surface area contributed by atoms with Gasteiger partial charge in [-0.2, -0.15) is 10.4 Å². The molecule has 0 aliphatic heterocycles. The number of hydrogen-bond donors (Lipinski definition) is 0. The fourth-order valence-corrected chi connectivity index (χ4v) is 2.71. The summed E-state index contributed by atoms with van der Waals surface area (Å²) in [5, 5.41) is 13.3. The normalized spacial score (nSPS) is 14.5. The lowest BCUT2D eigenvalue weighted by molar-refractivity contribution is 0.266. The Morgan fingerprint density at radius 1 is 1.38 bits per heavy atom. The van der Waals surface area contributed by atoms with Gasteiger partial charge in [0.15, 0.2) is 0 Å². The molecule has 1 aliphatic rings. The average molecular weight is 281 g/mol. The third-order valence-electron chi connectivity index (χ3n) is 4.19. The smallest absolute Gasteiger partial charge is 0.123 e. The fourth-order valence-electron chi connectivity index (χ4n) is 2.71. The van der Waals surface area contributed by atoms with Crippen molar-refractivity contribution in [1.82, 2.24) is 9.78 Å². The highest BCUT2D eigenvalue weighted by molar-refractivity contribution is 5.65. The molecular weight excluding hydrogens is 262 g/mol. The van der Waals surface area contributed by atoms with Crippen molar-refractivity contribution in [2.75, 3.05) is 7.11 Å². The molecule has 0 spiro atoms. The molecule has 4 nitrogen and oxygen atoms in total. The van der Waals surface area contributed by atoms with Gasteiger partial charge in [-0.25, -0.2) is 0 Å². The van der Waals surface area contributed by atoms with Crippen molar-refractivity contribution in [1.29, 1.82) is 5.26 Å². The van der Waals surface area contributed by atoms with Gasteiger partial charge in [-0.05, 0) is 30.4 Å². The van der Waals surface area contributed by atoms with Crippen LogP contribution in [-0.2, 0) is 13.0 Å². The minimum absolute atomic E-state index is 0.365. The van der Waals surface area contributed by atoms with Crippen LogP contribution in [0.1, 0.15) is 24.8 Å². The summed E-state index contributed by atoms with van der Waals surface area (Å²) in [6.45, 7) is 1.02. The van der Waals surface area contributed by atoms with E-state index in [-0.39, 0.29) is 0 Å². The molecule has 1 aliphatic carbocycles. The van der Waals surface area contributed by atoms with Crippen LogP contribution in [0.5, 0.6) is 5.75 Å². The predicted molar refractivity (Wildman–Crippen MR) is 80.9 cm³/mol. The number of nitriles is 1. The number of aromatic nitrogens is 2. The minimum atomic E-state index is 0.365. The molecule has 108 valence electrons. The molecular formula is C17H19N3O. The summed E-state index contributed by atoms with van der Waals surface area (Å²) in [6, 6.07) is 8.13. The second-order valence-electron chi connectivity index (χ2n) is 5.61. The van der Waals surface area contributed by atoms with E-state index in [0.717, 1.165) is 34.9 Å². The zero-order chi connectivity index (χ0) is 14.7. The molecule has 1 aromatic heterocycles. The van der Waals surface area contributed by atoms with Gasteiger partial charge in [-0.15, -0.1) is 0 Å². The molecule has 1 aromatic carbocycles. The van der Waals surface area contributed by atoms with Crippen LogP contribution >= 0.6 is 0 Å². The van der Waals surface area contributed by atoms with Crippen LogP contribution < -0.4 is 4.74 Å². The lowest BCUT2D eigenvalue weighted by Crippen LogP contribution is -2.18. The highest BCUT2D eigenvalue weighted by atomic mass is 16.5. The predicted octanol–water partition coefficient (Wildman–Crippen LogP) is 3.42. The van der Waals surface area contributed by atoms with E-state index in [4.69, 9.17) is 10.00 Å². The van der Waals surface area contributed by atoms with E-state index < -0.39 is 0 Å². The molecule has 21 heavy (non-hydrogen) atoms. The first-order valence-electron chi connectivity index (χ1n) is 7.37. The number of rotatable bonds is 5. The van der Waals surface area contributed by atoms with Crippen LogP contribution in [0.2, 0.25) is 0 Å². The summed E-state index contributed by atoms with van der Waals surface area (Å²) >= 11 is 0. The maximum absolute atomic E-state index is 8.82. The van der Waals surface area contributed by atoms with Gasteiger partial charge in [0.25, 0.3) is 0 Å². The number of ether oxygens (including phenoxy) is 1. The number of methoxy groups -OCH3 is 1. The first kappa shape index (κ1) is 13.7. The van der Waals surface area contributed by atoms with Crippen LogP contribution in [-0.4, -0.2) is 16.9 Å². The van der Waals surface area contributed by atoms with Gasteiger partial charge in [0.1, 0.15) is 5.75 Å². The van der Waals surface area contributed by atoms with Crippen LogP contribution in [0.25, 0.3) is 11.1 Å². The zero-order valence-electron chi connectivity index (χ0n) is 12.2. The molecule has 0 amide bonds. The Labute approximate surface area is 125 Å². The first-order chi connectivity index (χ1) is 10.3. The molecule has 1 saturated carbocycles. The number of hydrogen-bond acceptors (Lipinski definition) is 3. The van der Waals surface area contributed by atoms with Crippen LogP contribution in [0.3, 0.4) is 0 Å². The number of nitrogens with zero attached hydrogens (tertiary/aromatic N) is 3. The molecule has 0 unspecified atom stereocenters. The Hall–Kier alpha value is -2.28. The summed E-state index contributed by atoms with van der Waals surface area (Å²) in [4.78, 5) is 0. The topological polar surface area (TPSA) is 50.8 Å². The van der Waals surface area contributed by atoms with Crippen molar-refractivity contribution in [2.24, 2.45) is 5.92 Å². The van der Waals surface area contributed by atoms with Crippen molar-refractivity contribution in [3.05, 3.63) is 36.2 Å². The first-order valence-corrected chi connectivity index (χ1v) is 7.37. The summed E-state index contributed by atoms with van der Waals surface area (Å²) in [5.41, 5.74) is 3.09. The molecule has 3 rings (SSSR count). The van der Waals surface area contributed by atoms with E-state index in [1.54, 1.807) is 7.11 Å². The third-order valence-corrected chi connectivity index (χ3v) is 4.19. The Balaban J connectivity index is 1.81. The summed E-state index contributed by atoms with van der Waals surface area (Å²) in [5.74, 6) is 1.56. The Bertz CT molecular complexity index is 665. The lowest BCUT2D eigenvalue weighted by atomic mass is 9.85. The van der Waals surface area contributed by atoms with Crippen molar-refractivity contribution in [3.63, 3.8) is 0 Å². The van der Waals surface area contributed by atoms with Gasteiger partial charge < -0.3 is 4.74 Å². The summed E-state index contributed by atoms with van der Waals surface area (Å²) in [6.07, 6.45) is 8.37. The zero-order valence-corrected chi connectivity index (χ0v) is 12.2. The van der Waals surface area contributed by atoms with E-state index in [1.807, 2.05) is 29.1 Å². The molecule has 1 heterocycles. The van der Waals surface area contributed by atoms with Gasteiger partial charge >= 0.3 is 0 Å². The SMILES string of the molecule is COc1cc(-c2cnn(CC3CCC3)c2)ccc1CC#N. The molecule has 4 heteroatoms. The van der Waals surface area contributed by atoms with Crippen molar-refractivity contribution in [3.8, 4) is 22.9 Å². The number of benzene rings is 1. The third kappa shape index (κ3) is 2.92. The van der Waals surface area contributed by atoms with Crippen molar-refractivity contribution < 1.29 is 4.74 Å². The lowest BCUT2D eigenvalue weighted by Gasteiger charge is -2.24. The van der Waals surface area contributed by atoms with E-state index in [9.17, 15) is 0 Å². The maximum atomic E-state index is 8.82. The molecule has 0 bridgehead atoms. The molecule has 1 fully saturated rings. The van der Waals surface area contributed by atoms with Gasteiger partial charge in [-0.1, -0.05) is 18.6 Å². The van der Waals surface area contributed by atoms with Gasteiger partial charge in [0, 0.05) is 23.9 Å². The quantitative estimate of drug-likeness (QED) is 0.843. The molecule has 2 aromatic rings. The summed E-state index contributed by atoms with van der Waals surface area (Å²) in [7, 11) is 1.64. The maximum Gasteiger partial charge on any atom is 0.123 e. The molecule has 0 N–H and O–H groups in total. The van der Waals surface area contributed by atoms with Crippen LogP contribution in [0.4, 0.5) is 0 Å². The van der Waals surface area contributed by atoms with E-state index in [1.165, 1.54) is 19.3 Å². The van der Waals surface area contributed by atoms with E-state index >= 15 is 0 Å². The minimum Gasteiger partial charge on any atom is -0.496 e. The Kier molecular flexibility index (Phi) is 3.92. The molecule has 0 radical (unpaired) electrons. The highest BCUT2D eigenvalue weighted by Gasteiger charge is 2.18. The van der Waals surface area contributed by atoms with Crippen molar-refractivity contribution in [2.45, 2.75) is 32.2 Å². The van der Waals surface area contributed by atoms with Crippen LogP contribution in [0, 0.1) is 17.2 Å². The van der Waals surface area contributed by atoms with Gasteiger partial charge in [-0.3, -0.25) is 4.68 Å². The molecule has 0 atom stereocenters. The fraction of sp³-hybridized carbons (Fsp3) is 0.412. The highest BCUT2D eigenvalue weighted by Crippen LogP contribution is 2.30. The second-order valence-corrected chi connectivity index (χ2v) is 5.61. The second kappa shape index (κ2) is 6.01. The van der Waals surface area contributed by atoms with Gasteiger partial charge in [0.05, 0.1) is 25.8 Å². The Morgan fingerprint density at radius 2 is 2.24 bits per heavy atom. The van der Waals surface area contributed by atoms with Crippen LogP contribution in [0.15, 0.2) is 30.6 Å². The monoisotopic (exact) mass is 281 g/mol. The Morgan fingerprint density at radius 3 is 2.90 bits per heavy atom. The van der Waals surface area contributed by atoms with E-state index in [0.29, 0.717) is 6.42 Å². The standard InChI is InChI=1S/C17H19N3O/c1-21-17-9-15(6-5-14(17)7-8-18)16-10-19-20(12-16)11-13-3-2-4-13/h5-6,9-10,12-13H,2-4,7,11H2,1H3.